The van der Waals surface area contributed by atoms with E-state index in [-0.39, 0.29) is 23.5 Å². The summed E-state index contributed by atoms with van der Waals surface area (Å²) in [5.74, 6) is -1.62. The molecule has 0 aromatic heterocycles. The second kappa shape index (κ2) is 8.62. The molecular weight excluding hydrogens is 354 g/mol. The van der Waals surface area contributed by atoms with Crippen LogP contribution in [0.4, 0.5) is 0 Å². The van der Waals surface area contributed by atoms with E-state index in [2.05, 4.69) is 5.32 Å². The van der Waals surface area contributed by atoms with Gasteiger partial charge < -0.3 is 10.4 Å². The molecule has 0 aliphatic heterocycles. The van der Waals surface area contributed by atoms with Crippen molar-refractivity contribution in [1.29, 1.82) is 0 Å². The van der Waals surface area contributed by atoms with Gasteiger partial charge in [-0.05, 0) is 23.3 Å². The van der Waals surface area contributed by atoms with Gasteiger partial charge in [0, 0.05) is 6.42 Å². The highest BCUT2D eigenvalue weighted by atomic mass is 32.2. The molecule has 0 saturated carbocycles. The molecule has 0 aliphatic rings. The molecule has 0 heterocycles. The molecule has 2 rings (SSSR count). The van der Waals surface area contributed by atoms with Gasteiger partial charge in [0.25, 0.3) is 0 Å². The van der Waals surface area contributed by atoms with Crippen LogP contribution in [0.1, 0.15) is 18.1 Å². The Balaban J connectivity index is 2.07. The number of sulfone groups is 1. The van der Waals surface area contributed by atoms with E-state index in [4.69, 9.17) is 0 Å². The fourth-order valence-electron chi connectivity index (χ4n) is 2.50. The number of carboxylic acid groups (broad SMARTS) is 1. The lowest BCUT2D eigenvalue weighted by molar-refractivity contribution is -0.141. The van der Waals surface area contributed by atoms with Crippen LogP contribution in [0.25, 0.3) is 0 Å². The average molecular weight is 375 g/mol. The standard InChI is InChI=1S/C19H21NO5S/c1-2-26(24,25)16-10-6-9-15(11-16)13-18(21)20-17(19(22)23)12-14-7-4-3-5-8-14/h3-11,17H,2,12-13H2,1H3,(H,20,21)(H,22,23)/t17-/m0/s1. The Morgan fingerprint density at radius 3 is 2.31 bits per heavy atom. The number of rotatable bonds is 8. The molecule has 2 aromatic rings. The molecule has 1 atom stereocenters. The zero-order chi connectivity index (χ0) is 19.2. The number of benzene rings is 2. The third-order valence-electron chi connectivity index (χ3n) is 3.92. The maximum atomic E-state index is 12.2. The minimum absolute atomic E-state index is 0.0270. The van der Waals surface area contributed by atoms with Gasteiger partial charge in [-0.3, -0.25) is 4.79 Å². The number of hydrogen-bond acceptors (Lipinski definition) is 4. The van der Waals surface area contributed by atoms with Gasteiger partial charge in [-0.15, -0.1) is 0 Å². The fraction of sp³-hybridized carbons (Fsp3) is 0.263. The molecule has 26 heavy (non-hydrogen) atoms. The maximum Gasteiger partial charge on any atom is 0.326 e. The summed E-state index contributed by atoms with van der Waals surface area (Å²) in [6, 6.07) is 14.1. The van der Waals surface area contributed by atoms with E-state index in [1.54, 1.807) is 43.3 Å². The number of amides is 1. The predicted molar refractivity (Wildman–Crippen MR) is 97.6 cm³/mol. The van der Waals surface area contributed by atoms with Crippen molar-refractivity contribution in [3.05, 3.63) is 65.7 Å². The maximum absolute atomic E-state index is 12.2. The van der Waals surface area contributed by atoms with Crippen molar-refractivity contribution in [1.82, 2.24) is 5.32 Å². The van der Waals surface area contributed by atoms with Crippen LogP contribution in [0.15, 0.2) is 59.5 Å². The second-order valence-corrected chi connectivity index (χ2v) is 8.15. The molecule has 2 N–H and O–H groups in total. The molecule has 7 heteroatoms. The van der Waals surface area contributed by atoms with Crippen LogP contribution in [0.2, 0.25) is 0 Å². The van der Waals surface area contributed by atoms with Crippen molar-refractivity contribution in [2.75, 3.05) is 5.75 Å². The normalized spacial score (nSPS) is 12.3. The van der Waals surface area contributed by atoms with Crippen molar-refractivity contribution in [2.45, 2.75) is 30.7 Å². The van der Waals surface area contributed by atoms with Crippen LogP contribution in [-0.4, -0.2) is 37.2 Å². The summed E-state index contributed by atoms with van der Waals surface area (Å²) in [4.78, 5) is 23.8. The number of hydrogen-bond donors (Lipinski definition) is 2. The first-order valence-electron chi connectivity index (χ1n) is 8.19. The Kier molecular flexibility index (Phi) is 6.52. The summed E-state index contributed by atoms with van der Waals surface area (Å²) in [5, 5.41) is 11.8. The van der Waals surface area contributed by atoms with Crippen LogP contribution in [0, 0.1) is 0 Å². The van der Waals surface area contributed by atoms with Crippen molar-refractivity contribution < 1.29 is 23.1 Å². The highest BCUT2D eigenvalue weighted by Gasteiger charge is 2.21. The summed E-state index contributed by atoms with van der Waals surface area (Å²) in [6.45, 7) is 1.55. The van der Waals surface area contributed by atoms with Gasteiger partial charge in [0.1, 0.15) is 6.04 Å². The van der Waals surface area contributed by atoms with E-state index in [0.29, 0.717) is 5.56 Å². The van der Waals surface area contributed by atoms with Crippen molar-refractivity contribution in [3.8, 4) is 0 Å². The Labute approximate surface area is 152 Å². The van der Waals surface area contributed by atoms with E-state index in [0.717, 1.165) is 5.56 Å². The van der Waals surface area contributed by atoms with Crippen molar-refractivity contribution in [2.24, 2.45) is 0 Å². The molecular formula is C19H21NO5S. The Bertz CT molecular complexity index is 878. The van der Waals surface area contributed by atoms with Crippen LogP contribution in [0.3, 0.4) is 0 Å². The zero-order valence-corrected chi connectivity index (χ0v) is 15.2. The van der Waals surface area contributed by atoms with Gasteiger partial charge >= 0.3 is 5.97 Å². The highest BCUT2D eigenvalue weighted by Crippen LogP contribution is 2.14. The first kappa shape index (κ1) is 19.7. The zero-order valence-electron chi connectivity index (χ0n) is 14.4. The summed E-state index contributed by atoms with van der Waals surface area (Å²) >= 11 is 0. The molecule has 0 fully saturated rings. The van der Waals surface area contributed by atoms with Gasteiger partial charge in [-0.25, -0.2) is 13.2 Å². The highest BCUT2D eigenvalue weighted by molar-refractivity contribution is 7.91. The number of carboxylic acids is 1. The van der Waals surface area contributed by atoms with Crippen LogP contribution < -0.4 is 5.32 Å². The van der Waals surface area contributed by atoms with Gasteiger partial charge in [-0.2, -0.15) is 0 Å². The molecule has 2 aromatic carbocycles. The third-order valence-corrected chi connectivity index (χ3v) is 5.65. The van der Waals surface area contributed by atoms with Crippen LogP contribution in [-0.2, 0) is 32.3 Å². The monoisotopic (exact) mass is 375 g/mol. The first-order chi connectivity index (χ1) is 12.3. The number of nitrogens with one attached hydrogen (secondary N) is 1. The lowest BCUT2D eigenvalue weighted by atomic mass is 10.1. The smallest absolute Gasteiger partial charge is 0.326 e. The van der Waals surface area contributed by atoms with E-state index in [1.165, 1.54) is 12.1 Å². The first-order valence-corrected chi connectivity index (χ1v) is 9.85. The quantitative estimate of drug-likeness (QED) is 0.733. The molecule has 0 unspecified atom stereocenters. The summed E-state index contributed by atoms with van der Waals surface area (Å²) in [7, 11) is -3.36. The minimum atomic E-state index is -3.36. The largest absolute Gasteiger partial charge is 0.480 e. The van der Waals surface area contributed by atoms with E-state index in [1.807, 2.05) is 6.07 Å². The summed E-state index contributed by atoms with van der Waals surface area (Å²) in [5.41, 5.74) is 1.32. The lowest BCUT2D eigenvalue weighted by Crippen LogP contribution is -2.43. The minimum Gasteiger partial charge on any atom is -0.480 e. The Morgan fingerprint density at radius 1 is 1.04 bits per heavy atom. The van der Waals surface area contributed by atoms with Gasteiger partial charge in [-0.1, -0.05) is 49.4 Å². The molecule has 0 saturated heterocycles. The SMILES string of the molecule is CCS(=O)(=O)c1cccc(CC(=O)N[C@@H](Cc2ccccc2)C(=O)O)c1. The molecule has 6 nitrogen and oxygen atoms in total. The molecule has 0 bridgehead atoms. The van der Waals surface area contributed by atoms with E-state index >= 15 is 0 Å². The molecule has 0 radical (unpaired) electrons. The van der Waals surface area contributed by atoms with Gasteiger partial charge in [0.05, 0.1) is 17.1 Å². The summed E-state index contributed by atoms with van der Waals surface area (Å²) in [6.07, 6.45) is 0.0812. The lowest BCUT2D eigenvalue weighted by Gasteiger charge is -2.15. The van der Waals surface area contributed by atoms with Crippen molar-refractivity contribution in [3.63, 3.8) is 0 Å². The Hall–Kier alpha value is -2.67. The number of carbonyl (C=O) groups is 2. The van der Waals surface area contributed by atoms with E-state index in [9.17, 15) is 23.1 Å². The molecule has 138 valence electrons. The molecule has 0 aliphatic carbocycles. The Morgan fingerprint density at radius 2 is 1.69 bits per heavy atom. The summed E-state index contributed by atoms with van der Waals surface area (Å²) < 4.78 is 23.9. The third kappa shape index (κ3) is 5.42. The second-order valence-electron chi connectivity index (χ2n) is 5.88. The average Bonchev–Trinajstić information content (AvgIpc) is 2.62. The van der Waals surface area contributed by atoms with E-state index < -0.39 is 27.8 Å². The van der Waals surface area contributed by atoms with Crippen molar-refractivity contribution >= 4 is 21.7 Å². The number of aliphatic carboxylic acids is 1. The van der Waals surface area contributed by atoms with Crippen LogP contribution >= 0.6 is 0 Å². The van der Waals surface area contributed by atoms with Gasteiger partial charge in [0.15, 0.2) is 9.84 Å². The molecule has 0 spiro atoms. The topological polar surface area (TPSA) is 101 Å². The van der Waals surface area contributed by atoms with Crippen LogP contribution in [0.5, 0.6) is 0 Å². The van der Waals surface area contributed by atoms with Gasteiger partial charge in [0.2, 0.25) is 5.91 Å². The molecule has 1 amide bonds. The fourth-order valence-corrected chi connectivity index (χ4v) is 3.45. The number of carbonyl (C=O) groups excluding carboxylic acids is 1. The predicted octanol–water partition coefficient (Wildman–Crippen LogP) is 1.83.